The molecule has 0 heterocycles. The lowest BCUT2D eigenvalue weighted by atomic mass is 9.92. The van der Waals surface area contributed by atoms with Crippen molar-refractivity contribution in [3.05, 3.63) is 386 Å². The Morgan fingerprint density at radius 3 is 0.511 bits per heavy atom. The van der Waals surface area contributed by atoms with Gasteiger partial charge in [-0.05, 0) is 201 Å². The lowest BCUT2D eigenvalue weighted by Gasteiger charge is -2.26. The van der Waals surface area contributed by atoms with E-state index < -0.39 is 0 Å². The molecule has 14 aromatic carbocycles. The maximum Gasteiger partial charge on any atom is 0.0462 e. The van der Waals surface area contributed by atoms with Crippen LogP contribution < -0.4 is 19.6 Å². The molecule has 0 aromatic heterocycles. The summed E-state index contributed by atoms with van der Waals surface area (Å²) in [7, 11) is 0. The molecule has 428 valence electrons. The van der Waals surface area contributed by atoms with Gasteiger partial charge in [0.15, 0.2) is 0 Å². The van der Waals surface area contributed by atoms with Crippen LogP contribution in [-0.2, 0) is 0 Å². The quantitative estimate of drug-likeness (QED) is 0.0794. The van der Waals surface area contributed by atoms with Crippen LogP contribution in [0.15, 0.2) is 364 Å². The van der Waals surface area contributed by atoms with Crippen LogP contribution in [0.4, 0.5) is 68.2 Å². The fraction of sp³-hybridized carbons (Fsp3) is 0. The van der Waals surface area contributed by atoms with Crippen molar-refractivity contribution in [2.75, 3.05) is 19.6 Å². The SMILES string of the molecule is C(=Cc1ccc(N(c2ccccc2)c2ccc(-c3ccc(-c4ccc(N(c5ccccc5)c5ccc(C=Cc6ccc(N(c7ccccc7)c7ccccc7)cc6)cc5)cc4)c4ccccc34)cc2)cc1)c1ccc(N(c2ccccc2)c2ccccc2)cc1. The first-order valence-electron chi connectivity index (χ1n) is 30.6. The molecule has 4 heteroatoms. The van der Waals surface area contributed by atoms with Gasteiger partial charge in [-0.3, -0.25) is 0 Å². The molecule has 0 unspecified atom stereocenters. The number of hydrogen-bond acceptors (Lipinski definition) is 4. The van der Waals surface area contributed by atoms with Crippen LogP contribution in [0.3, 0.4) is 0 Å². The lowest BCUT2D eigenvalue weighted by Crippen LogP contribution is -2.09. The Morgan fingerprint density at radius 1 is 0.144 bits per heavy atom. The van der Waals surface area contributed by atoms with E-state index in [1.165, 1.54) is 21.9 Å². The van der Waals surface area contributed by atoms with E-state index in [1.54, 1.807) is 0 Å². The Hall–Kier alpha value is -12.0. The Balaban J connectivity index is 0.677. The Kier molecular flexibility index (Phi) is 16.3. The number of anilines is 12. The molecular formula is C86H64N4. The van der Waals surface area contributed by atoms with Crippen LogP contribution in [0, 0.1) is 0 Å². The molecule has 0 fully saturated rings. The van der Waals surface area contributed by atoms with Crippen molar-refractivity contribution < 1.29 is 0 Å². The van der Waals surface area contributed by atoms with Crippen LogP contribution >= 0.6 is 0 Å². The fourth-order valence-electron chi connectivity index (χ4n) is 12.0. The van der Waals surface area contributed by atoms with Crippen LogP contribution in [0.5, 0.6) is 0 Å². The van der Waals surface area contributed by atoms with Gasteiger partial charge in [0.25, 0.3) is 0 Å². The molecular weight excluding hydrogens is 1090 g/mol. The zero-order valence-corrected chi connectivity index (χ0v) is 49.7. The van der Waals surface area contributed by atoms with Gasteiger partial charge in [0.2, 0.25) is 0 Å². The van der Waals surface area contributed by atoms with Crippen molar-refractivity contribution in [2.24, 2.45) is 0 Å². The van der Waals surface area contributed by atoms with Gasteiger partial charge in [-0.1, -0.05) is 243 Å². The second-order valence-corrected chi connectivity index (χ2v) is 22.2. The maximum atomic E-state index is 2.33. The number of rotatable bonds is 18. The number of nitrogens with zero attached hydrogens (tertiary/aromatic N) is 4. The maximum absolute atomic E-state index is 2.33. The summed E-state index contributed by atoms with van der Waals surface area (Å²) in [6.07, 6.45) is 8.74. The van der Waals surface area contributed by atoms with Gasteiger partial charge in [0.05, 0.1) is 0 Å². The van der Waals surface area contributed by atoms with E-state index in [4.69, 9.17) is 0 Å². The molecule has 0 aliphatic rings. The van der Waals surface area contributed by atoms with Gasteiger partial charge >= 0.3 is 0 Å². The number of para-hydroxylation sites is 6. The number of hydrogen-bond donors (Lipinski definition) is 0. The second-order valence-electron chi connectivity index (χ2n) is 22.2. The topological polar surface area (TPSA) is 13.0 Å². The van der Waals surface area contributed by atoms with Crippen LogP contribution in [0.2, 0.25) is 0 Å². The molecule has 0 amide bonds. The van der Waals surface area contributed by atoms with E-state index in [0.29, 0.717) is 0 Å². The highest BCUT2D eigenvalue weighted by molar-refractivity contribution is 6.05. The van der Waals surface area contributed by atoms with Crippen molar-refractivity contribution in [2.45, 2.75) is 0 Å². The van der Waals surface area contributed by atoms with Gasteiger partial charge in [-0.25, -0.2) is 0 Å². The van der Waals surface area contributed by atoms with Gasteiger partial charge in [0, 0.05) is 68.2 Å². The summed E-state index contributed by atoms with van der Waals surface area (Å²) in [6, 6.07) is 130. The summed E-state index contributed by atoms with van der Waals surface area (Å²) in [5.74, 6) is 0. The first kappa shape index (κ1) is 55.9. The zero-order valence-electron chi connectivity index (χ0n) is 49.7. The molecule has 0 saturated carbocycles. The molecule has 0 spiro atoms. The van der Waals surface area contributed by atoms with Crippen molar-refractivity contribution in [3.63, 3.8) is 0 Å². The average Bonchev–Trinajstić information content (AvgIpc) is 1.20. The average molecular weight is 1150 g/mol. The summed E-state index contributed by atoms with van der Waals surface area (Å²) in [6.45, 7) is 0. The molecule has 0 atom stereocenters. The third kappa shape index (κ3) is 12.4. The minimum absolute atomic E-state index is 1.08. The van der Waals surface area contributed by atoms with Gasteiger partial charge in [0.1, 0.15) is 0 Å². The summed E-state index contributed by atoms with van der Waals surface area (Å²) in [4.78, 5) is 9.22. The molecule has 4 nitrogen and oxygen atoms in total. The van der Waals surface area contributed by atoms with Gasteiger partial charge < -0.3 is 19.6 Å². The van der Waals surface area contributed by atoms with Gasteiger partial charge in [-0.15, -0.1) is 0 Å². The zero-order chi connectivity index (χ0) is 60.3. The summed E-state index contributed by atoms with van der Waals surface area (Å²) in [5.41, 5.74) is 22.5. The Morgan fingerprint density at radius 2 is 0.311 bits per heavy atom. The van der Waals surface area contributed by atoms with Crippen molar-refractivity contribution in [1.82, 2.24) is 0 Å². The number of benzene rings is 14. The molecule has 14 rings (SSSR count). The highest BCUT2D eigenvalue weighted by Gasteiger charge is 2.18. The van der Waals surface area contributed by atoms with E-state index in [0.717, 1.165) is 102 Å². The third-order valence-corrected chi connectivity index (χ3v) is 16.4. The number of fused-ring (bicyclic) bond motifs is 1. The first-order valence-corrected chi connectivity index (χ1v) is 30.6. The van der Waals surface area contributed by atoms with Crippen molar-refractivity contribution in [3.8, 4) is 22.3 Å². The van der Waals surface area contributed by atoms with Gasteiger partial charge in [-0.2, -0.15) is 0 Å². The molecule has 0 radical (unpaired) electrons. The minimum atomic E-state index is 1.08. The molecule has 0 aliphatic carbocycles. The normalized spacial score (nSPS) is 11.2. The standard InChI is InChI=1S/C86H64N4/c1-7-21-71(22-8-1)87(72-23-9-2-10-24-72)77-51-39-65(40-52-77)35-37-67-43-55-79(56-44-67)89(75-29-15-5-16-30-75)81-59-47-69(48-60-81)83-63-64-84(86-34-20-19-33-85(83)86)70-49-61-82(62-50-70)90(76-31-17-6-18-32-76)80-57-45-68(46-58-80)38-36-66-41-53-78(54-42-66)88(73-25-11-3-12-26-73)74-27-13-4-14-28-74/h1-64H. The summed E-state index contributed by atoms with van der Waals surface area (Å²) in [5, 5.41) is 2.42. The van der Waals surface area contributed by atoms with E-state index >= 15 is 0 Å². The highest BCUT2D eigenvalue weighted by atomic mass is 15.2. The Labute approximate surface area is 528 Å². The highest BCUT2D eigenvalue weighted by Crippen LogP contribution is 2.42. The van der Waals surface area contributed by atoms with E-state index in [-0.39, 0.29) is 0 Å². The van der Waals surface area contributed by atoms with Crippen molar-refractivity contribution >= 4 is 103 Å². The summed E-state index contributed by atoms with van der Waals surface area (Å²) < 4.78 is 0. The third-order valence-electron chi connectivity index (χ3n) is 16.4. The second kappa shape index (κ2) is 26.3. The molecule has 0 N–H and O–H groups in total. The first-order chi connectivity index (χ1) is 44.6. The largest absolute Gasteiger partial charge is 0.311 e. The monoisotopic (exact) mass is 1150 g/mol. The minimum Gasteiger partial charge on any atom is -0.311 e. The summed E-state index contributed by atoms with van der Waals surface area (Å²) >= 11 is 0. The molecule has 0 bridgehead atoms. The molecule has 14 aromatic rings. The van der Waals surface area contributed by atoms with Crippen molar-refractivity contribution in [1.29, 1.82) is 0 Å². The van der Waals surface area contributed by atoms with E-state index in [2.05, 4.69) is 408 Å². The lowest BCUT2D eigenvalue weighted by molar-refractivity contribution is 1.28. The van der Waals surface area contributed by atoms with E-state index in [9.17, 15) is 0 Å². The van der Waals surface area contributed by atoms with Crippen LogP contribution in [0.25, 0.3) is 57.3 Å². The fourth-order valence-corrected chi connectivity index (χ4v) is 12.0. The molecule has 90 heavy (non-hydrogen) atoms. The molecule has 0 aliphatic heterocycles. The Bertz CT molecular complexity index is 4290. The van der Waals surface area contributed by atoms with Crippen LogP contribution in [-0.4, -0.2) is 0 Å². The predicted molar refractivity (Wildman–Crippen MR) is 384 cm³/mol. The predicted octanol–water partition coefficient (Wildman–Crippen LogP) is 24.4. The smallest absolute Gasteiger partial charge is 0.0462 e. The van der Waals surface area contributed by atoms with E-state index in [1.807, 2.05) is 0 Å². The molecule has 0 saturated heterocycles. The van der Waals surface area contributed by atoms with Crippen LogP contribution in [0.1, 0.15) is 22.3 Å².